The Balaban J connectivity index is 2.34. The summed E-state index contributed by atoms with van der Waals surface area (Å²) in [4.78, 5) is 19.6. The molecule has 4 aromatic rings. The monoisotopic (exact) mass is 320 g/mol. The van der Waals surface area contributed by atoms with Crippen molar-refractivity contribution in [2.75, 3.05) is 18.6 Å². The molecule has 6 nitrogen and oxygen atoms in total. The maximum Gasteiger partial charge on any atom is 0.222 e. The number of hydrogen-bond donors (Lipinski definition) is 3. The van der Waals surface area contributed by atoms with Crippen LogP contribution in [0.15, 0.2) is 35.3 Å². The number of hydrogen-bond acceptors (Lipinski definition) is 5. The van der Waals surface area contributed by atoms with Crippen molar-refractivity contribution in [3.63, 3.8) is 0 Å². The van der Waals surface area contributed by atoms with E-state index < -0.39 is 0 Å². The van der Waals surface area contributed by atoms with Gasteiger partial charge in [-0.15, -0.1) is 0 Å². The van der Waals surface area contributed by atoms with Gasteiger partial charge in [0.2, 0.25) is 5.43 Å². The molecule has 0 aliphatic heterocycles. The van der Waals surface area contributed by atoms with Crippen molar-refractivity contribution < 1.29 is 4.74 Å². The molecule has 0 spiro atoms. The molecule has 0 saturated heterocycles. The molecule has 0 aliphatic rings. The molecule has 2 heterocycles. The summed E-state index contributed by atoms with van der Waals surface area (Å²) in [6, 6.07) is 7.02. The van der Waals surface area contributed by atoms with Crippen molar-refractivity contribution in [2.24, 2.45) is 0 Å². The molecule has 2 aromatic carbocycles. The van der Waals surface area contributed by atoms with Crippen molar-refractivity contribution in [3.05, 3.63) is 46.2 Å². The molecule has 0 radical (unpaired) electrons. The van der Waals surface area contributed by atoms with E-state index >= 15 is 0 Å². The number of fused-ring (bicyclic) bond motifs is 5. The first kappa shape index (κ1) is 14.3. The van der Waals surface area contributed by atoms with Crippen LogP contribution in [0.1, 0.15) is 5.56 Å². The SMILES string of the molecule is COc1cc2c(cc1=O)ncc1c(N)[nH]c3c(C)c(N)ccc3c12. The normalized spacial score (nSPS) is 11.4. The Morgan fingerprint density at radius 1 is 1.12 bits per heavy atom. The third-order valence-electron chi connectivity index (χ3n) is 4.48. The number of H-pyrrole nitrogens is 1. The summed E-state index contributed by atoms with van der Waals surface area (Å²) in [6.45, 7) is 1.94. The van der Waals surface area contributed by atoms with Crippen LogP contribution in [0.3, 0.4) is 0 Å². The van der Waals surface area contributed by atoms with Crippen molar-refractivity contribution in [1.82, 2.24) is 9.97 Å². The number of methoxy groups -OCH3 is 1. The Bertz CT molecular complexity index is 1190. The van der Waals surface area contributed by atoms with Crippen molar-refractivity contribution in [2.45, 2.75) is 6.92 Å². The number of anilines is 2. The van der Waals surface area contributed by atoms with Gasteiger partial charge >= 0.3 is 0 Å². The number of aromatic amines is 1. The van der Waals surface area contributed by atoms with Gasteiger partial charge in [-0.3, -0.25) is 9.78 Å². The molecule has 0 atom stereocenters. The summed E-state index contributed by atoms with van der Waals surface area (Å²) in [7, 11) is 1.48. The van der Waals surface area contributed by atoms with Crippen LogP contribution < -0.4 is 21.6 Å². The van der Waals surface area contributed by atoms with Crippen LogP contribution in [0.4, 0.5) is 11.5 Å². The van der Waals surface area contributed by atoms with Crippen LogP contribution in [0.25, 0.3) is 32.6 Å². The Morgan fingerprint density at radius 2 is 1.92 bits per heavy atom. The molecule has 0 bridgehead atoms. The lowest BCUT2D eigenvalue weighted by molar-refractivity contribution is 0.411. The first-order chi connectivity index (χ1) is 11.5. The third-order valence-corrected chi connectivity index (χ3v) is 4.48. The van der Waals surface area contributed by atoms with Gasteiger partial charge in [0.15, 0.2) is 5.75 Å². The third kappa shape index (κ3) is 1.83. The van der Waals surface area contributed by atoms with E-state index in [4.69, 9.17) is 16.2 Å². The first-order valence-corrected chi connectivity index (χ1v) is 7.48. The van der Waals surface area contributed by atoms with E-state index in [0.29, 0.717) is 17.0 Å². The lowest BCUT2D eigenvalue weighted by Crippen LogP contribution is -2.04. The Morgan fingerprint density at radius 3 is 2.67 bits per heavy atom. The molecule has 24 heavy (non-hydrogen) atoms. The number of nitrogens with two attached hydrogens (primary N) is 2. The molecule has 6 heteroatoms. The Kier molecular flexibility index (Phi) is 2.90. The van der Waals surface area contributed by atoms with Gasteiger partial charge in [0, 0.05) is 39.5 Å². The fourth-order valence-corrected chi connectivity index (χ4v) is 3.15. The van der Waals surface area contributed by atoms with E-state index in [0.717, 1.165) is 32.6 Å². The largest absolute Gasteiger partial charge is 0.493 e. The van der Waals surface area contributed by atoms with E-state index in [9.17, 15) is 4.79 Å². The summed E-state index contributed by atoms with van der Waals surface area (Å²) in [5.74, 6) is 0.786. The number of nitrogen functional groups attached to an aromatic ring is 2. The Hall–Kier alpha value is -3.28. The molecule has 2 aromatic heterocycles. The number of benzene rings is 2. The number of pyridine rings is 2. The second kappa shape index (κ2) is 4.86. The summed E-state index contributed by atoms with van der Waals surface area (Å²) >= 11 is 0. The van der Waals surface area contributed by atoms with E-state index in [1.807, 2.05) is 19.1 Å². The standard InChI is InChI=1S/C18H16N4O2/c1-8-12(19)4-3-9-16-10-5-15(24-2)14(23)6-13(10)21-7-11(16)18(20)22-17(8)9/h3-7,22H,19-20H2,1-2H3. The molecular formula is C18H16N4O2. The van der Waals surface area contributed by atoms with E-state index in [1.54, 1.807) is 12.3 Å². The number of rotatable bonds is 1. The molecule has 4 rings (SSSR count). The Labute approximate surface area is 137 Å². The zero-order valence-electron chi connectivity index (χ0n) is 13.3. The van der Waals surface area contributed by atoms with Crippen molar-refractivity contribution in [3.8, 4) is 5.75 Å². The van der Waals surface area contributed by atoms with Crippen LogP contribution in [0, 0.1) is 6.92 Å². The molecule has 0 amide bonds. The van der Waals surface area contributed by atoms with Gasteiger partial charge in [0.05, 0.1) is 18.1 Å². The molecule has 0 saturated carbocycles. The van der Waals surface area contributed by atoms with Crippen LogP contribution in [0.5, 0.6) is 5.75 Å². The zero-order valence-corrected chi connectivity index (χ0v) is 13.3. The minimum absolute atomic E-state index is 0.197. The molecular weight excluding hydrogens is 304 g/mol. The van der Waals surface area contributed by atoms with E-state index in [2.05, 4.69) is 9.97 Å². The average Bonchev–Trinajstić information content (AvgIpc) is 2.57. The smallest absolute Gasteiger partial charge is 0.222 e. The summed E-state index contributed by atoms with van der Waals surface area (Å²) < 4.78 is 5.19. The highest BCUT2D eigenvalue weighted by Crippen LogP contribution is 2.35. The predicted octanol–water partition coefficient (Wildman–Crippen LogP) is 2.71. The first-order valence-electron chi connectivity index (χ1n) is 7.48. The van der Waals surface area contributed by atoms with E-state index in [-0.39, 0.29) is 11.2 Å². The van der Waals surface area contributed by atoms with E-state index in [1.165, 1.54) is 13.2 Å². The molecule has 0 fully saturated rings. The van der Waals surface area contributed by atoms with Crippen LogP contribution in [-0.2, 0) is 0 Å². The van der Waals surface area contributed by atoms with Gasteiger partial charge in [-0.25, -0.2) is 0 Å². The van der Waals surface area contributed by atoms with Crippen LogP contribution in [0.2, 0.25) is 0 Å². The second-order valence-electron chi connectivity index (χ2n) is 5.81. The number of aryl methyl sites for hydroxylation is 1. The average molecular weight is 320 g/mol. The van der Waals surface area contributed by atoms with Gasteiger partial charge in [-0.2, -0.15) is 0 Å². The van der Waals surface area contributed by atoms with Crippen molar-refractivity contribution in [1.29, 1.82) is 0 Å². The molecule has 0 unspecified atom stereocenters. The topological polar surface area (TPSA) is 107 Å². The number of nitrogens with zero attached hydrogens (tertiary/aromatic N) is 1. The number of nitrogens with one attached hydrogen (secondary N) is 1. The summed E-state index contributed by atoms with van der Waals surface area (Å²) in [5, 5.41) is 3.50. The van der Waals surface area contributed by atoms with Gasteiger partial charge in [0.1, 0.15) is 5.82 Å². The lowest BCUT2D eigenvalue weighted by atomic mass is 9.99. The van der Waals surface area contributed by atoms with Gasteiger partial charge in [-0.1, -0.05) is 6.07 Å². The van der Waals surface area contributed by atoms with Gasteiger partial charge in [-0.05, 0) is 24.6 Å². The van der Waals surface area contributed by atoms with Crippen molar-refractivity contribution >= 4 is 44.1 Å². The zero-order chi connectivity index (χ0) is 17.0. The van der Waals surface area contributed by atoms with Crippen LogP contribution in [-0.4, -0.2) is 17.1 Å². The summed E-state index contributed by atoms with van der Waals surface area (Å²) in [5.41, 5.74) is 15.1. The quantitative estimate of drug-likeness (QED) is 0.369. The molecule has 0 aliphatic carbocycles. The predicted molar refractivity (Wildman–Crippen MR) is 97.5 cm³/mol. The number of aromatic nitrogens is 2. The number of ether oxygens (including phenoxy) is 1. The maximum atomic E-state index is 12.0. The maximum absolute atomic E-state index is 12.0. The highest BCUT2D eigenvalue weighted by molar-refractivity contribution is 6.21. The lowest BCUT2D eigenvalue weighted by Gasteiger charge is -2.13. The highest BCUT2D eigenvalue weighted by atomic mass is 16.5. The van der Waals surface area contributed by atoms with Gasteiger partial charge in [0.25, 0.3) is 0 Å². The molecule has 5 N–H and O–H groups in total. The fourth-order valence-electron chi connectivity index (χ4n) is 3.15. The highest BCUT2D eigenvalue weighted by Gasteiger charge is 2.14. The summed E-state index contributed by atoms with van der Waals surface area (Å²) in [6.07, 6.45) is 1.68. The minimum Gasteiger partial charge on any atom is -0.493 e. The second-order valence-corrected chi connectivity index (χ2v) is 5.81. The fraction of sp³-hybridized carbons (Fsp3) is 0.111. The minimum atomic E-state index is -0.197. The van der Waals surface area contributed by atoms with Crippen LogP contribution >= 0.6 is 0 Å². The molecule has 120 valence electrons. The van der Waals surface area contributed by atoms with Gasteiger partial charge < -0.3 is 21.2 Å².